The number of rotatable bonds is 6. The lowest BCUT2D eigenvalue weighted by Gasteiger charge is -2.18. The molecular formula is C13H20N4O2. The van der Waals surface area contributed by atoms with Gasteiger partial charge < -0.3 is 16.0 Å². The molecule has 19 heavy (non-hydrogen) atoms. The van der Waals surface area contributed by atoms with Crippen molar-refractivity contribution in [2.75, 3.05) is 25.4 Å². The minimum absolute atomic E-state index is 0.0271. The number of nitrogens with two attached hydrogens (primary N) is 1. The van der Waals surface area contributed by atoms with Gasteiger partial charge in [0, 0.05) is 32.3 Å². The van der Waals surface area contributed by atoms with Gasteiger partial charge in [-0.3, -0.25) is 9.59 Å². The minimum atomic E-state index is -0.356. The number of nitrogen functional groups attached to an aromatic ring is 1. The first kappa shape index (κ1) is 14.9. The number of carbonyl (C=O) groups excluding carboxylic acids is 2. The number of nitrogens with zero attached hydrogens (tertiary/aromatic N) is 2. The average molecular weight is 264 g/mol. The van der Waals surface area contributed by atoms with E-state index in [1.54, 1.807) is 17.0 Å². The summed E-state index contributed by atoms with van der Waals surface area (Å²) in [5.41, 5.74) is 6.17. The fourth-order valence-electron chi connectivity index (χ4n) is 1.71. The van der Waals surface area contributed by atoms with Crippen molar-refractivity contribution in [1.82, 2.24) is 15.2 Å². The van der Waals surface area contributed by atoms with Gasteiger partial charge in [0.25, 0.3) is 5.91 Å². The van der Waals surface area contributed by atoms with E-state index in [9.17, 15) is 9.59 Å². The van der Waals surface area contributed by atoms with Crippen molar-refractivity contribution < 1.29 is 9.59 Å². The molecule has 1 rings (SSSR count). The first-order valence-corrected chi connectivity index (χ1v) is 6.36. The lowest BCUT2D eigenvalue weighted by atomic mass is 10.2. The average Bonchev–Trinajstić information content (AvgIpc) is 2.40. The van der Waals surface area contributed by atoms with Crippen LogP contribution in [0.5, 0.6) is 0 Å². The van der Waals surface area contributed by atoms with Gasteiger partial charge in [0.2, 0.25) is 5.91 Å². The molecule has 0 aliphatic heterocycles. The van der Waals surface area contributed by atoms with Crippen LogP contribution in [-0.4, -0.2) is 41.3 Å². The van der Waals surface area contributed by atoms with Crippen molar-refractivity contribution in [1.29, 1.82) is 0 Å². The lowest BCUT2D eigenvalue weighted by Crippen LogP contribution is -2.34. The molecule has 0 aliphatic rings. The monoisotopic (exact) mass is 264 g/mol. The summed E-state index contributed by atoms with van der Waals surface area (Å²) in [7, 11) is 0. The third-order valence-corrected chi connectivity index (χ3v) is 2.79. The van der Waals surface area contributed by atoms with Crippen molar-refractivity contribution in [2.45, 2.75) is 20.3 Å². The second-order valence-electron chi connectivity index (χ2n) is 4.01. The predicted molar refractivity (Wildman–Crippen MR) is 73.5 cm³/mol. The molecule has 1 heterocycles. The normalized spacial score (nSPS) is 10.0. The number of pyridine rings is 1. The summed E-state index contributed by atoms with van der Waals surface area (Å²) >= 11 is 0. The van der Waals surface area contributed by atoms with E-state index in [1.165, 1.54) is 6.20 Å². The SMILES string of the molecule is CCN(CC)C(=O)CCNC(=O)c1ncccc1N. The summed E-state index contributed by atoms with van der Waals surface area (Å²) in [6, 6.07) is 3.28. The van der Waals surface area contributed by atoms with Gasteiger partial charge in [0.1, 0.15) is 0 Å². The minimum Gasteiger partial charge on any atom is -0.397 e. The molecular weight excluding hydrogens is 244 g/mol. The quantitative estimate of drug-likeness (QED) is 0.789. The number of carbonyl (C=O) groups is 2. The predicted octanol–water partition coefficient (Wildman–Crippen LogP) is 0.652. The molecule has 6 nitrogen and oxygen atoms in total. The molecule has 0 spiro atoms. The molecule has 0 unspecified atom stereocenters. The number of hydrogen-bond donors (Lipinski definition) is 2. The van der Waals surface area contributed by atoms with Crippen LogP contribution in [0.15, 0.2) is 18.3 Å². The highest BCUT2D eigenvalue weighted by Gasteiger charge is 2.12. The van der Waals surface area contributed by atoms with E-state index in [2.05, 4.69) is 10.3 Å². The van der Waals surface area contributed by atoms with Crippen LogP contribution < -0.4 is 11.1 Å². The molecule has 1 aromatic heterocycles. The van der Waals surface area contributed by atoms with Gasteiger partial charge in [-0.05, 0) is 26.0 Å². The fraction of sp³-hybridized carbons (Fsp3) is 0.462. The molecule has 0 radical (unpaired) electrons. The van der Waals surface area contributed by atoms with E-state index in [0.29, 0.717) is 18.8 Å². The van der Waals surface area contributed by atoms with E-state index in [1.807, 2.05) is 13.8 Å². The fourth-order valence-corrected chi connectivity index (χ4v) is 1.71. The van der Waals surface area contributed by atoms with E-state index in [0.717, 1.165) is 0 Å². The standard InChI is InChI=1S/C13H20N4O2/c1-3-17(4-2)11(18)7-9-16-13(19)12-10(14)6-5-8-15-12/h5-6,8H,3-4,7,9,14H2,1-2H3,(H,16,19). The molecule has 0 aromatic carbocycles. The second kappa shape index (κ2) is 7.35. The number of amides is 2. The molecule has 0 fully saturated rings. The van der Waals surface area contributed by atoms with Gasteiger partial charge in [-0.2, -0.15) is 0 Å². The molecule has 104 valence electrons. The van der Waals surface area contributed by atoms with E-state index in [4.69, 9.17) is 5.73 Å². The summed E-state index contributed by atoms with van der Waals surface area (Å²) in [5, 5.41) is 2.64. The number of hydrogen-bond acceptors (Lipinski definition) is 4. The molecule has 1 aromatic rings. The maximum Gasteiger partial charge on any atom is 0.272 e. The van der Waals surface area contributed by atoms with Crippen LogP contribution in [0.1, 0.15) is 30.8 Å². The van der Waals surface area contributed by atoms with Gasteiger partial charge in [-0.25, -0.2) is 4.98 Å². The van der Waals surface area contributed by atoms with Crippen molar-refractivity contribution >= 4 is 17.5 Å². The van der Waals surface area contributed by atoms with Crippen LogP contribution in [0.2, 0.25) is 0 Å². The van der Waals surface area contributed by atoms with Crippen molar-refractivity contribution in [3.05, 3.63) is 24.0 Å². The number of nitrogens with one attached hydrogen (secondary N) is 1. The summed E-state index contributed by atoms with van der Waals surface area (Å²) < 4.78 is 0. The van der Waals surface area contributed by atoms with Gasteiger partial charge in [-0.15, -0.1) is 0 Å². The molecule has 6 heteroatoms. The summed E-state index contributed by atoms with van der Waals surface area (Å²) in [5.74, 6) is -0.329. The van der Waals surface area contributed by atoms with Crippen LogP contribution in [0, 0.1) is 0 Å². The molecule has 0 saturated heterocycles. The van der Waals surface area contributed by atoms with E-state index >= 15 is 0 Å². The highest BCUT2D eigenvalue weighted by atomic mass is 16.2. The summed E-state index contributed by atoms with van der Waals surface area (Å²) in [6.07, 6.45) is 1.78. The Morgan fingerprint density at radius 3 is 2.63 bits per heavy atom. The maximum absolute atomic E-state index is 11.8. The Morgan fingerprint density at radius 1 is 1.37 bits per heavy atom. The summed E-state index contributed by atoms with van der Waals surface area (Å²) in [6.45, 7) is 5.49. The Labute approximate surface area is 113 Å². The first-order chi connectivity index (χ1) is 9.10. The largest absolute Gasteiger partial charge is 0.397 e. The zero-order valence-corrected chi connectivity index (χ0v) is 11.3. The van der Waals surface area contributed by atoms with Crippen LogP contribution in [-0.2, 0) is 4.79 Å². The molecule has 0 bridgehead atoms. The van der Waals surface area contributed by atoms with Gasteiger partial charge >= 0.3 is 0 Å². The van der Waals surface area contributed by atoms with E-state index < -0.39 is 0 Å². The van der Waals surface area contributed by atoms with Crippen LogP contribution in [0.4, 0.5) is 5.69 Å². The Hall–Kier alpha value is -2.11. The topological polar surface area (TPSA) is 88.3 Å². The first-order valence-electron chi connectivity index (χ1n) is 6.36. The lowest BCUT2D eigenvalue weighted by molar-refractivity contribution is -0.130. The number of anilines is 1. The smallest absolute Gasteiger partial charge is 0.272 e. The Kier molecular flexibility index (Phi) is 5.78. The zero-order valence-electron chi connectivity index (χ0n) is 11.3. The highest BCUT2D eigenvalue weighted by Crippen LogP contribution is 2.06. The van der Waals surface area contributed by atoms with Crippen LogP contribution >= 0.6 is 0 Å². The Bertz CT molecular complexity index is 444. The zero-order chi connectivity index (χ0) is 14.3. The second-order valence-corrected chi connectivity index (χ2v) is 4.01. The third kappa shape index (κ3) is 4.24. The molecule has 3 N–H and O–H groups in total. The van der Waals surface area contributed by atoms with Crippen molar-refractivity contribution in [2.24, 2.45) is 0 Å². The van der Waals surface area contributed by atoms with Gasteiger partial charge in [0.15, 0.2) is 5.69 Å². The maximum atomic E-state index is 11.8. The van der Waals surface area contributed by atoms with Crippen LogP contribution in [0.25, 0.3) is 0 Å². The molecule has 0 saturated carbocycles. The van der Waals surface area contributed by atoms with Gasteiger partial charge in [0.05, 0.1) is 5.69 Å². The molecule has 0 atom stereocenters. The Balaban J connectivity index is 2.44. The van der Waals surface area contributed by atoms with Crippen molar-refractivity contribution in [3.63, 3.8) is 0 Å². The third-order valence-electron chi connectivity index (χ3n) is 2.79. The molecule has 2 amide bonds. The highest BCUT2D eigenvalue weighted by molar-refractivity contribution is 5.97. The van der Waals surface area contributed by atoms with Gasteiger partial charge in [-0.1, -0.05) is 0 Å². The summed E-state index contributed by atoms with van der Waals surface area (Å²) in [4.78, 5) is 29.1. The number of aromatic nitrogens is 1. The Morgan fingerprint density at radius 2 is 2.05 bits per heavy atom. The van der Waals surface area contributed by atoms with E-state index in [-0.39, 0.29) is 30.5 Å². The van der Waals surface area contributed by atoms with Crippen LogP contribution in [0.3, 0.4) is 0 Å². The molecule has 0 aliphatic carbocycles. The van der Waals surface area contributed by atoms with Crippen molar-refractivity contribution in [3.8, 4) is 0 Å².